The molecule has 0 fully saturated rings. The molecule has 4 heteroatoms. The Morgan fingerprint density at radius 1 is 0.750 bits per heavy atom. The van der Waals surface area contributed by atoms with Gasteiger partial charge < -0.3 is 9.47 Å². The van der Waals surface area contributed by atoms with Gasteiger partial charge in [0.1, 0.15) is 11.5 Å². The van der Waals surface area contributed by atoms with Crippen LogP contribution in [-0.4, -0.2) is 7.11 Å². The van der Waals surface area contributed by atoms with Crippen LogP contribution in [0.15, 0.2) is 115 Å². The van der Waals surface area contributed by atoms with Gasteiger partial charge in [-0.3, -0.25) is 0 Å². The minimum absolute atomic E-state index is 0.234. The molecule has 0 radical (unpaired) electrons. The molecule has 0 N–H and O–H groups in total. The molecule has 1 aliphatic carbocycles. The van der Waals surface area contributed by atoms with E-state index in [1.165, 1.54) is 47.8 Å². The Hall–Kier alpha value is -5.37. The van der Waals surface area contributed by atoms with Crippen LogP contribution in [0.4, 0.5) is 5.69 Å². The summed E-state index contributed by atoms with van der Waals surface area (Å²) < 4.78 is 15.7. The average Bonchev–Trinajstić information content (AvgIpc) is 3.67. The van der Waals surface area contributed by atoms with E-state index in [0.717, 1.165) is 46.4 Å². The van der Waals surface area contributed by atoms with Gasteiger partial charge in [-0.15, -0.1) is 11.3 Å². The first-order valence-electron chi connectivity index (χ1n) is 16.6. The Bertz CT molecular complexity index is 2510. The van der Waals surface area contributed by atoms with Gasteiger partial charge in [-0.2, -0.15) is 0 Å². The smallest absolute Gasteiger partial charge is 0.187 e. The SMILES string of the molecule is [C-]#[N+]c1ccc2c(c1)C(CC)(CC)c1c3c(c4ccccc4c1-2)OC(c1ccc(OC)cc1)(c1ccc2sc4ccccc4c2c1)C=C3. The van der Waals surface area contributed by atoms with Crippen molar-refractivity contribution in [1.29, 1.82) is 0 Å². The maximum atomic E-state index is 7.80. The summed E-state index contributed by atoms with van der Waals surface area (Å²) in [7, 11) is 1.70. The quantitative estimate of drug-likeness (QED) is 0.175. The number of hydrogen-bond acceptors (Lipinski definition) is 3. The van der Waals surface area contributed by atoms with Gasteiger partial charge in [0.15, 0.2) is 11.3 Å². The van der Waals surface area contributed by atoms with Gasteiger partial charge >= 0.3 is 0 Å². The van der Waals surface area contributed by atoms with E-state index in [1.807, 2.05) is 29.5 Å². The first kappa shape index (κ1) is 28.8. The largest absolute Gasteiger partial charge is 0.497 e. The second kappa shape index (κ2) is 10.6. The Morgan fingerprint density at radius 2 is 1.46 bits per heavy atom. The molecule has 48 heavy (non-hydrogen) atoms. The molecule has 1 unspecified atom stereocenters. The highest BCUT2D eigenvalue weighted by molar-refractivity contribution is 7.25. The normalized spacial score (nSPS) is 17.1. The number of ether oxygens (including phenoxy) is 2. The average molecular weight is 640 g/mol. The minimum Gasteiger partial charge on any atom is -0.497 e. The summed E-state index contributed by atoms with van der Waals surface area (Å²) in [5.41, 5.74) is 7.91. The van der Waals surface area contributed by atoms with Gasteiger partial charge in [0.05, 0.1) is 13.7 Å². The van der Waals surface area contributed by atoms with E-state index in [2.05, 4.69) is 122 Å². The molecule has 6 aromatic carbocycles. The Labute approximate surface area is 284 Å². The summed E-state index contributed by atoms with van der Waals surface area (Å²) in [6, 6.07) is 38.7. The Morgan fingerprint density at radius 3 is 2.21 bits per heavy atom. The van der Waals surface area contributed by atoms with Crippen LogP contribution in [0.5, 0.6) is 11.5 Å². The third-order valence-electron chi connectivity index (χ3n) is 10.9. The van der Waals surface area contributed by atoms with Crippen LogP contribution in [0.25, 0.3) is 53.0 Å². The zero-order valence-electron chi connectivity index (χ0n) is 27.1. The highest BCUT2D eigenvalue weighted by Crippen LogP contribution is 2.61. The van der Waals surface area contributed by atoms with Crippen molar-refractivity contribution in [2.24, 2.45) is 0 Å². The van der Waals surface area contributed by atoms with Crippen molar-refractivity contribution in [3.05, 3.63) is 155 Å². The number of rotatable bonds is 5. The lowest BCUT2D eigenvalue weighted by atomic mass is 9.71. The van der Waals surface area contributed by atoms with Gasteiger partial charge in [0.2, 0.25) is 0 Å². The van der Waals surface area contributed by atoms with Gasteiger partial charge in [-0.05, 0) is 76.9 Å². The van der Waals surface area contributed by atoms with Gasteiger partial charge in [-0.1, -0.05) is 98.8 Å². The molecule has 0 saturated carbocycles. The monoisotopic (exact) mass is 639 g/mol. The fourth-order valence-electron chi connectivity index (χ4n) is 8.48. The summed E-state index contributed by atoms with van der Waals surface area (Å²) in [5, 5.41) is 4.79. The van der Waals surface area contributed by atoms with E-state index < -0.39 is 5.60 Å². The molecule has 0 bridgehead atoms. The maximum Gasteiger partial charge on any atom is 0.187 e. The van der Waals surface area contributed by atoms with E-state index in [9.17, 15) is 0 Å². The number of benzene rings is 6. The van der Waals surface area contributed by atoms with Crippen LogP contribution in [0.3, 0.4) is 0 Å². The highest BCUT2D eigenvalue weighted by Gasteiger charge is 2.47. The molecule has 1 aromatic heterocycles. The van der Waals surface area contributed by atoms with E-state index >= 15 is 0 Å². The van der Waals surface area contributed by atoms with Crippen LogP contribution < -0.4 is 9.47 Å². The second-order valence-corrected chi connectivity index (χ2v) is 14.0. The zero-order chi connectivity index (χ0) is 32.6. The molecular formula is C44H33NO2S. The first-order valence-corrected chi connectivity index (χ1v) is 17.4. The number of hydrogen-bond donors (Lipinski definition) is 0. The number of fused-ring (bicyclic) bond motifs is 11. The standard InChI is InChI=1S/C44H33NO2S/c1-5-43(6-2)37-26-29(45-3)18-21-34(37)40-32-12-7-8-13-33(32)42-35(41(40)43)23-24-44(47-42,27-15-19-30(46-4)20-16-27)28-17-22-39-36(25-28)31-11-9-10-14-38(31)48-39/h7-26H,5-6H2,1-2,4H3. The molecule has 1 aliphatic heterocycles. The molecule has 2 aliphatic rings. The van der Waals surface area contributed by atoms with Crippen molar-refractivity contribution in [1.82, 2.24) is 0 Å². The lowest BCUT2D eigenvalue weighted by molar-refractivity contribution is 0.163. The fourth-order valence-corrected chi connectivity index (χ4v) is 9.56. The first-order chi connectivity index (χ1) is 23.5. The topological polar surface area (TPSA) is 22.8 Å². The van der Waals surface area contributed by atoms with Crippen molar-refractivity contribution in [3.8, 4) is 22.6 Å². The maximum absolute atomic E-state index is 7.80. The molecule has 0 amide bonds. The van der Waals surface area contributed by atoms with Crippen LogP contribution in [0, 0.1) is 6.57 Å². The van der Waals surface area contributed by atoms with Crippen LogP contribution in [-0.2, 0) is 11.0 Å². The van der Waals surface area contributed by atoms with Crippen LogP contribution in [0.2, 0.25) is 0 Å². The van der Waals surface area contributed by atoms with Crippen molar-refractivity contribution < 1.29 is 9.47 Å². The van der Waals surface area contributed by atoms with Crippen LogP contribution in [0.1, 0.15) is 54.5 Å². The number of thiophene rings is 1. The van der Waals surface area contributed by atoms with E-state index in [-0.39, 0.29) is 5.41 Å². The molecule has 7 aromatic rings. The van der Waals surface area contributed by atoms with Crippen LogP contribution >= 0.6 is 11.3 Å². The highest BCUT2D eigenvalue weighted by atomic mass is 32.1. The van der Waals surface area contributed by atoms with E-state index in [4.69, 9.17) is 16.0 Å². The molecule has 0 spiro atoms. The predicted molar refractivity (Wildman–Crippen MR) is 200 cm³/mol. The van der Waals surface area contributed by atoms with Crippen molar-refractivity contribution in [3.63, 3.8) is 0 Å². The summed E-state index contributed by atoms with van der Waals surface area (Å²) in [4.78, 5) is 3.83. The third kappa shape index (κ3) is 3.80. The predicted octanol–water partition coefficient (Wildman–Crippen LogP) is 12.2. The van der Waals surface area contributed by atoms with Gasteiger partial charge in [-0.25, -0.2) is 4.85 Å². The Balaban J connectivity index is 1.35. The lowest BCUT2D eigenvalue weighted by Gasteiger charge is -2.39. The van der Waals surface area contributed by atoms with Gasteiger partial charge in [0, 0.05) is 47.7 Å². The van der Waals surface area contributed by atoms with Crippen molar-refractivity contribution in [2.75, 3.05) is 7.11 Å². The molecular weight excluding hydrogens is 607 g/mol. The lowest BCUT2D eigenvalue weighted by Crippen LogP contribution is -2.35. The molecule has 1 atom stereocenters. The summed E-state index contributed by atoms with van der Waals surface area (Å²) >= 11 is 1.83. The Kier molecular flexibility index (Phi) is 6.35. The molecule has 3 nitrogen and oxygen atoms in total. The van der Waals surface area contributed by atoms with Gasteiger partial charge in [0.25, 0.3) is 0 Å². The molecule has 0 saturated heterocycles. The fraction of sp³-hybridized carbons (Fsp3) is 0.159. The third-order valence-corrected chi connectivity index (χ3v) is 12.0. The van der Waals surface area contributed by atoms with E-state index in [1.54, 1.807) is 7.11 Å². The summed E-state index contributed by atoms with van der Waals surface area (Å²) in [6.45, 7) is 12.4. The molecule has 2 heterocycles. The summed E-state index contributed by atoms with van der Waals surface area (Å²) in [6.07, 6.45) is 6.45. The van der Waals surface area contributed by atoms with Crippen molar-refractivity contribution in [2.45, 2.75) is 37.7 Å². The van der Waals surface area contributed by atoms with Crippen molar-refractivity contribution >= 4 is 54.0 Å². The number of nitrogens with zero attached hydrogens (tertiary/aromatic N) is 1. The molecule has 232 valence electrons. The summed E-state index contributed by atoms with van der Waals surface area (Å²) in [5.74, 6) is 1.71. The van der Waals surface area contributed by atoms with E-state index in [0.29, 0.717) is 5.69 Å². The zero-order valence-corrected chi connectivity index (χ0v) is 27.9. The number of methoxy groups -OCH3 is 1. The minimum atomic E-state index is -0.878. The second-order valence-electron chi connectivity index (χ2n) is 12.9. The molecule has 9 rings (SSSR count).